The minimum Gasteiger partial charge on any atom is -0.383 e. The van der Waals surface area contributed by atoms with Gasteiger partial charge in [0.1, 0.15) is 29.1 Å². The van der Waals surface area contributed by atoms with Crippen LogP contribution in [0.3, 0.4) is 0 Å². The molecule has 2 aromatic carbocycles. The average molecular weight is 342 g/mol. The van der Waals surface area contributed by atoms with E-state index in [1.807, 2.05) is 6.07 Å². The summed E-state index contributed by atoms with van der Waals surface area (Å²) in [7, 11) is 0. The van der Waals surface area contributed by atoms with Crippen LogP contribution in [0.4, 0.5) is 14.6 Å². The lowest BCUT2D eigenvalue weighted by atomic mass is 9.98. The molecule has 3 nitrogen and oxygen atoms in total. The topological polar surface area (TPSA) is 62.7 Å². The van der Waals surface area contributed by atoms with Crippen LogP contribution in [0, 0.1) is 23.0 Å². The summed E-state index contributed by atoms with van der Waals surface area (Å²) in [5, 5.41) is 9.88. The van der Waals surface area contributed by atoms with E-state index >= 15 is 0 Å². The van der Waals surface area contributed by atoms with Gasteiger partial charge in [-0.15, -0.1) is 0 Å². The number of hydrogen-bond acceptors (Lipinski definition) is 3. The highest BCUT2D eigenvalue weighted by atomic mass is 35.5. The highest BCUT2D eigenvalue weighted by Crippen LogP contribution is 2.32. The van der Waals surface area contributed by atoms with E-state index in [-0.39, 0.29) is 16.9 Å². The molecule has 0 saturated heterocycles. The maximum absolute atomic E-state index is 13.5. The molecule has 6 heteroatoms. The summed E-state index contributed by atoms with van der Waals surface area (Å²) in [4.78, 5) is 4.20. The van der Waals surface area contributed by atoms with Crippen LogP contribution in [0.25, 0.3) is 22.4 Å². The summed E-state index contributed by atoms with van der Waals surface area (Å²) < 4.78 is 27.1. The number of nitriles is 1. The molecule has 0 bridgehead atoms. The number of pyridine rings is 1. The zero-order valence-corrected chi connectivity index (χ0v) is 13.0. The summed E-state index contributed by atoms with van der Waals surface area (Å²) in [5.74, 6) is -1.49. The van der Waals surface area contributed by atoms with Crippen LogP contribution in [-0.4, -0.2) is 4.98 Å². The molecule has 0 fully saturated rings. The van der Waals surface area contributed by atoms with E-state index in [1.54, 1.807) is 30.3 Å². The van der Waals surface area contributed by atoms with Gasteiger partial charge in [0.05, 0.1) is 5.69 Å². The second-order valence-electron chi connectivity index (χ2n) is 5.09. The van der Waals surface area contributed by atoms with E-state index < -0.39 is 11.6 Å². The quantitative estimate of drug-likeness (QED) is 0.728. The van der Waals surface area contributed by atoms with Crippen molar-refractivity contribution in [3.05, 3.63) is 70.8 Å². The molecule has 3 aromatic rings. The third kappa shape index (κ3) is 3.05. The standard InChI is InChI=1S/C18H10ClF2N3/c19-12-3-1-10(2-4-12)17-8-15(16(9-22)18(23)24-17)11-5-13(20)7-14(21)6-11/h1-8H,(H2,23,24). The highest BCUT2D eigenvalue weighted by molar-refractivity contribution is 6.30. The predicted molar refractivity (Wildman–Crippen MR) is 89.2 cm³/mol. The smallest absolute Gasteiger partial charge is 0.142 e. The van der Waals surface area contributed by atoms with Crippen LogP contribution in [0.5, 0.6) is 0 Å². The Morgan fingerprint density at radius 3 is 2.17 bits per heavy atom. The van der Waals surface area contributed by atoms with Crippen molar-refractivity contribution in [1.29, 1.82) is 5.26 Å². The lowest BCUT2D eigenvalue weighted by Crippen LogP contribution is -2.00. The average Bonchev–Trinajstić information content (AvgIpc) is 2.54. The minimum atomic E-state index is -0.739. The Hall–Kier alpha value is -2.97. The molecule has 0 amide bonds. The van der Waals surface area contributed by atoms with Crippen molar-refractivity contribution in [2.45, 2.75) is 0 Å². The molecule has 1 aromatic heterocycles. The van der Waals surface area contributed by atoms with Crippen molar-refractivity contribution in [3.8, 4) is 28.5 Å². The third-order valence-corrected chi connectivity index (χ3v) is 3.72. The molecule has 3 rings (SSSR count). The molecule has 0 unspecified atom stereocenters. The molecule has 0 aliphatic rings. The van der Waals surface area contributed by atoms with Gasteiger partial charge in [-0.3, -0.25) is 0 Å². The molecule has 24 heavy (non-hydrogen) atoms. The maximum atomic E-state index is 13.5. The van der Waals surface area contributed by atoms with Gasteiger partial charge in [0.2, 0.25) is 0 Å². The summed E-state index contributed by atoms with van der Waals surface area (Å²) >= 11 is 5.87. The van der Waals surface area contributed by atoms with Crippen LogP contribution in [0.1, 0.15) is 5.56 Å². The number of halogens is 3. The van der Waals surface area contributed by atoms with Gasteiger partial charge in [-0.2, -0.15) is 5.26 Å². The summed E-state index contributed by atoms with van der Waals surface area (Å²) in [5.41, 5.74) is 7.65. The van der Waals surface area contributed by atoms with E-state index in [0.717, 1.165) is 18.2 Å². The van der Waals surface area contributed by atoms with Gasteiger partial charge in [0, 0.05) is 22.2 Å². The van der Waals surface area contributed by atoms with Crippen molar-refractivity contribution < 1.29 is 8.78 Å². The molecular weight excluding hydrogens is 332 g/mol. The van der Waals surface area contributed by atoms with Crippen molar-refractivity contribution >= 4 is 17.4 Å². The van der Waals surface area contributed by atoms with Gasteiger partial charge in [0.15, 0.2) is 0 Å². The normalized spacial score (nSPS) is 10.4. The van der Waals surface area contributed by atoms with Gasteiger partial charge >= 0.3 is 0 Å². The van der Waals surface area contributed by atoms with Gasteiger partial charge < -0.3 is 5.73 Å². The second-order valence-corrected chi connectivity index (χ2v) is 5.53. The Balaban J connectivity index is 2.24. The van der Waals surface area contributed by atoms with Gasteiger partial charge in [-0.1, -0.05) is 23.7 Å². The van der Waals surface area contributed by atoms with E-state index in [0.29, 0.717) is 21.8 Å². The number of nitrogens with two attached hydrogens (primary N) is 1. The number of anilines is 1. The molecule has 0 saturated carbocycles. The number of benzene rings is 2. The van der Waals surface area contributed by atoms with E-state index in [1.165, 1.54) is 0 Å². The molecule has 118 valence electrons. The van der Waals surface area contributed by atoms with Crippen molar-refractivity contribution in [1.82, 2.24) is 4.98 Å². The number of nitrogen functional groups attached to an aromatic ring is 1. The number of aromatic nitrogens is 1. The SMILES string of the molecule is N#Cc1c(-c2cc(F)cc(F)c2)cc(-c2ccc(Cl)cc2)nc1N. The van der Waals surface area contributed by atoms with Gasteiger partial charge in [-0.25, -0.2) is 13.8 Å². The summed E-state index contributed by atoms with van der Waals surface area (Å²) in [6.45, 7) is 0. The van der Waals surface area contributed by atoms with Crippen LogP contribution in [0.15, 0.2) is 48.5 Å². The minimum absolute atomic E-state index is 0.00961. The maximum Gasteiger partial charge on any atom is 0.142 e. The van der Waals surface area contributed by atoms with Crippen molar-refractivity contribution in [3.63, 3.8) is 0 Å². The first-order chi connectivity index (χ1) is 11.5. The summed E-state index contributed by atoms with van der Waals surface area (Å²) in [6.07, 6.45) is 0. The lowest BCUT2D eigenvalue weighted by Gasteiger charge is -2.10. The fourth-order valence-corrected chi connectivity index (χ4v) is 2.51. The lowest BCUT2D eigenvalue weighted by molar-refractivity contribution is 0.584. The molecular formula is C18H10ClF2N3. The Labute approximate surface area is 141 Å². The molecule has 0 aliphatic carbocycles. The van der Waals surface area contributed by atoms with Crippen LogP contribution in [0.2, 0.25) is 5.02 Å². The molecule has 0 aliphatic heterocycles. The number of rotatable bonds is 2. The van der Waals surface area contributed by atoms with Gasteiger partial charge in [0.25, 0.3) is 0 Å². The molecule has 1 heterocycles. The van der Waals surface area contributed by atoms with Crippen molar-refractivity contribution in [2.75, 3.05) is 5.73 Å². The number of hydrogen-bond donors (Lipinski definition) is 1. The van der Waals surface area contributed by atoms with Crippen LogP contribution >= 0.6 is 11.6 Å². The van der Waals surface area contributed by atoms with E-state index in [9.17, 15) is 14.0 Å². The monoisotopic (exact) mass is 341 g/mol. The fraction of sp³-hybridized carbons (Fsp3) is 0. The predicted octanol–water partition coefficient (Wildman–Crippen LogP) is 4.80. The Bertz CT molecular complexity index is 943. The molecule has 0 spiro atoms. The first-order valence-electron chi connectivity index (χ1n) is 6.91. The van der Waals surface area contributed by atoms with E-state index in [2.05, 4.69) is 4.98 Å². The molecule has 0 atom stereocenters. The second kappa shape index (κ2) is 6.26. The highest BCUT2D eigenvalue weighted by Gasteiger charge is 2.15. The fourth-order valence-electron chi connectivity index (χ4n) is 2.39. The molecule has 2 N–H and O–H groups in total. The third-order valence-electron chi connectivity index (χ3n) is 3.47. The van der Waals surface area contributed by atoms with E-state index in [4.69, 9.17) is 17.3 Å². The zero-order valence-electron chi connectivity index (χ0n) is 12.2. The number of nitrogens with zero attached hydrogens (tertiary/aromatic N) is 2. The Morgan fingerprint density at radius 2 is 1.58 bits per heavy atom. The first kappa shape index (κ1) is 15.9. The largest absolute Gasteiger partial charge is 0.383 e. The molecule has 0 radical (unpaired) electrons. The first-order valence-corrected chi connectivity index (χ1v) is 7.29. The summed E-state index contributed by atoms with van der Waals surface area (Å²) in [6, 6.07) is 13.4. The zero-order chi connectivity index (χ0) is 17.3. The Kier molecular flexibility index (Phi) is 4.15. The van der Waals surface area contributed by atoms with Crippen LogP contribution in [-0.2, 0) is 0 Å². The van der Waals surface area contributed by atoms with Crippen LogP contribution < -0.4 is 5.73 Å². The Morgan fingerprint density at radius 1 is 0.958 bits per heavy atom. The van der Waals surface area contributed by atoms with Gasteiger partial charge in [-0.05, 0) is 35.9 Å². The van der Waals surface area contributed by atoms with Crippen molar-refractivity contribution in [2.24, 2.45) is 0 Å².